The molecule has 0 unspecified atom stereocenters. The Bertz CT molecular complexity index is 1010. The summed E-state index contributed by atoms with van der Waals surface area (Å²) in [6, 6.07) is 7.96. The summed E-state index contributed by atoms with van der Waals surface area (Å²) in [6.07, 6.45) is -2.32. The molecule has 0 spiro atoms. The van der Waals surface area contributed by atoms with Crippen molar-refractivity contribution in [1.29, 1.82) is 0 Å². The monoisotopic (exact) mass is 535 g/mol. The minimum atomic E-state index is -4.49. The molecule has 0 fully saturated rings. The van der Waals surface area contributed by atoms with Crippen LogP contribution >= 0.6 is 24.0 Å². The molecule has 0 amide bonds. The zero-order chi connectivity index (χ0) is 21.0. The van der Waals surface area contributed by atoms with Gasteiger partial charge >= 0.3 is 6.18 Å². The van der Waals surface area contributed by atoms with Crippen molar-refractivity contribution in [2.24, 2.45) is 12.0 Å². The summed E-state index contributed by atoms with van der Waals surface area (Å²) in [4.78, 5) is 8.61. The third-order valence-electron chi connectivity index (χ3n) is 4.54. The van der Waals surface area contributed by atoms with Gasteiger partial charge in [-0.3, -0.25) is 9.67 Å². The number of guanidine groups is 1. The van der Waals surface area contributed by atoms with Crippen molar-refractivity contribution < 1.29 is 13.2 Å². The number of benzene rings is 1. The fourth-order valence-electron chi connectivity index (χ4n) is 3.23. The zero-order valence-electron chi connectivity index (χ0n) is 17.0. The van der Waals surface area contributed by atoms with E-state index >= 15 is 0 Å². The van der Waals surface area contributed by atoms with E-state index < -0.39 is 11.9 Å². The van der Waals surface area contributed by atoms with E-state index in [2.05, 4.69) is 30.3 Å². The zero-order valence-corrected chi connectivity index (χ0v) is 19.3. The lowest BCUT2D eigenvalue weighted by atomic mass is 10.2. The van der Waals surface area contributed by atoms with Gasteiger partial charge in [-0.05, 0) is 25.5 Å². The van der Waals surface area contributed by atoms with Gasteiger partial charge in [0.25, 0.3) is 0 Å². The van der Waals surface area contributed by atoms with Crippen molar-refractivity contribution in [2.45, 2.75) is 32.6 Å². The van der Waals surface area contributed by atoms with E-state index in [1.54, 1.807) is 7.05 Å². The lowest BCUT2D eigenvalue weighted by Gasteiger charge is -2.13. The number of nitrogens with one attached hydrogen (secondary N) is 2. The molecule has 2 N–H and O–H groups in total. The van der Waals surface area contributed by atoms with Crippen LogP contribution in [0.25, 0.3) is 11.0 Å². The van der Waals surface area contributed by atoms with Gasteiger partial charge in [-0.2, -0.15) is 18.3 Å². The minimum absolute atomic E-state index is 0. The maximum atomic E-state index is 13.0. The Morgan fingerprint density at radius 1 is 1.20 bits per heavy atom. The molecule has 0 aliphatic rings. The first kappa shape index (κ1) is 24.0. The quantitative estimate of drug-likeness (QED) is 0.220. The van der Waals surface area contributed by atoms with Gasteiger partial charge in [0, 0.05) is 45.5 Å². The number of aliphatic imine (C=N–C) groups is 1. The van der Waals surface area contributed by atoms with Crippen LogP contribution in [0, 0.1) is 6.92 Å². The fraction of sp³-hybridized carbons (Fsp3) is 0.421. The standard InChI is InChI=1S/C19H24F3N7.HI/c1-13-26-15-7-4-5-8-16(15)29(13)10-6-9-24-18(23-2)25-11-14-12-28(3)27-17(14)19(20,21)22;/h4-5,7-8,12H,6,9-11H2,1-3H3,(H2,23,24,25);1H. The van der Waals surface area contributed by atoms with Gasteiger partial charge in [0.15, 0.2) is 11.7 Å². The van der Waals surface area contributed by atoms with Crippen molar-refractivity contribution >= 4 is 41.0 Å². The van der Waals surface area contributed by atoms with E-state index in [4.69, 9.17) is 0 Å². The molecular weight excluding hydrogens is 510 g/mol. The smallest absolute Gasteiger partial charge is 0.356 e. The van der Waals surface area contributed by atoms with E-state index in [1.807, 2.05) is 31.2 Å². The van der Waals surface area contributed by atoms with Gasteiger partial charge in [0.1, 0.15) is 5.82 Å². The Morgan fingerprint density at radius 3 is 2.63 bits per heavy atom. The number of para-hydroxylation sites is 2. The van der Waals surface area contributed by atoms with Crippen LogP contribution in [0.4, 0.5) is 13.2 Å². The molecule has 0 saturated heterocycles. The Labute approximate surface area is 189 Å². The molecular formula is C19H25F3IN7. The van der Waals surface area contributed by atoms with Gasteiger partial charge in [0.05, 0.1) is 11.0 Å². The highest BCUT2D eigenvalue weighted by Crippen LogP contribution is 2.30. The highest BCUT2D eigenvalue weighted by atomic mass is 127. The molecule has 0 aliphatic heterocycles. The minimum Gasteiger partial charge on any atom is -0.356 e. The Morgan fingerprint density at radius 2 is 1.93 bits per heavy atom. The third-order valence-corrected chi connectivity index (χ3v) is 4.54. The van der Waals surface area contributed by atoms with Crippen LogP contribution in [-0.2, 0) is 26.3 Å². The molecule has 1 aromatic carbocycles. The van der Waals surface area contributed by atoms with Crippen molar-refractivity contribution in [3.8, 4) is 0 Å². The number of halogens is 4. The molecule has 11 heteroatoms. The van der Waals surface area contributed by atoms with E-state index in [-0.39, 0.29) is 36.1 Å². The second kappa shape index (κ2) is 10.1. The molecule has 164 valence electrons. The van der Waals surface area contributed by atoms with E-state index in [9.17, 15) is 13.2 Å². The molecule has 3 aromatic rings. The summed E-state index contributed by atoms with van der Waals surface area (Å²) in [5, 5.41) is 9.55. The first-order chi connectivity index (χ1) is 13.8. The number of rotatable bonds is 6. The van der Waals surface area contributed by atoms with Crippen LogP contribution < -0.4 is 10.6 Å². The van der Waals surface area contributed by atoms with Crippen molar-refractivity contribution in [1.82, 2.24) is 30.0 Å². The molecule has 0 bridgehead atoms. The number of aryl methyl sites for hydroxylation is 3. The Hall–Kier alpha value is -2.31. The summed E-state index contributed by atoms with van der Waals surface area (Å²) in [5.41, 5.74) is 1.24. The second-order valence-corrected chi connectivity index (χ2v) is 6.68. The number of aromatic nitrogens is 4. The van der Waals surface area contributed by atoms with Crippen molar-refractivity contribution in [2.75, 3.05) is 13.6 Å². The van der Waals surface area contributed by atoms with Gasteiger partial charge in [-0.15, -0.1) is 24.0 Å². The lowest BCUT2D eigenvalue weighted by molar-refractivity contribution is -0.142. The average molecular weight is 535 g/mol. The van der Waals surface area contributed by atoms with E-state index in [0.717, 1.165) is 34.5 Å². The summed E-state index contributed by atoms with van der Waals surface area (Å²) in [5.74, 6) is 1.39. The number of alkyl halides is 3. The van der Waals surface area contributed by atoms with Gasteiger partial charge in [-0.25, -0.2) is 4.98 Å². The molecule has 3 rings (SSSR count). The number of nitrogens with zero attached hydrogens (tertiary/aromatic N) is 5. The molecule has 7 nitrogen and oxygen atoms in total. The summed E-state index contributed by atoms with van der Waals surface area (Å²) in [6.45, 7) is 3.34. The van der Waals surface area contributed by atoms with Crippen LogP contribution in [-0.4, -0.2) is 38.9 Å². The molecule has 0 radical (unpaired) electrons. The van der Waals surface area contributed by atoms with Gasteiger partial charge in [0.2, 0.25) is 0 Å². The molecule has 2 heterocycles. The second-order valence-electron chi connectivity index (χ2n) is 6.68. The van der Waals surface area contributed by atoms with Crippen LogP contribution in [0.5, 0.6) is 0 Å². The molecule has 2 aromatic heterocycles. The maximum absolute atomic E-state index is 13.0. The Balaban J connectivity index is 0.00000320. The number of hydrogen-bond acceptors (Lipinski definition) is 3. The first-order valence-electron chi connectivity index (χ1n) is 9.25. The summed E-state index contributed by atoms with van der Waals surface area (Å²) in [7, 11) is 3.05. The average Bonchev–Trinajstić information content (AvgIpc) is 3.20. The SMILES string of the molecule is CN=C(NCCCn1c(C)nc2ccccc21)NCc1cn(C)nc1C(F)(F)F.I. The lowest BCUT2D eigenvalue weighted by Crippen LogP contribution is -2.37. The number of hydrogen-bond donors (Lipinski definition) is 2. The predicted octanol–water partition coefficient (Wildman–Crippen LogP) is 3.47. The number of fused-ring (bicyclic) bond motifs is 1. The fourth-order valence-corrected chi connectivity index (χ4v) is 3.23. The molecule has 0 atom stereocenters. The highest BCUT2D eigenvalue weighted by Gasteiger charge is 2.36. The molecule has 30 heavy (non-hydrogen) atoms. The van der Waals surface area contributed by atoms with Crippen LogP contribution in [0.15, 0.2) is 35.5 Å². The van der Waals surface area contributed by atoms with Crippen molar-refractivity contribution in [3.63, 3.8) is 0 Å². The topological polar surface area (TPSA) is 72.1 Å². The molecule has 0 saturated carbocycles. The van der Waals surface area contributed by atoms with E-state index in [1.165, 1.54) is 13.2 Å². The van der Waals surface area contributed by atoms with Gasteiger partial charge in [-0.1, -0.05) is 12.1 Å². The summed E-state index contributed by atoms with van der Waals surface area (Å²) >= 11 is 0. The molecule has 0 aliphatic carbocycles. The maximum Gasteiger partial charge on any atom is 0.435 e. The van der Waals surface area contributed by atoms with E-state index in [0.29, 0.717) is 12.5 Å². The summed E-state index contributed by atoms with van der Waals surface area (Å²) < 4.78 is 42.4. The Kier molecular flexibility index (Phi) is 8.10. The van der Waals surface area contributed by atoms with Crippen LogP contribution in [0.1, 0.15) is 23.5 Å². The largest absolute Gasteiger partial charge is 0.435 e. The van der Waals surface area contributed by atoms with Crippen LogP contribution in [0.3, 0.4) is 0 Å². The third kappa shape index (κ3) is 5.64. The first-order valence-corrected chi connectivity index (χ1v) is 9.25. The number of imidazole rings is 1. The predicted molar refractivity (Wildman–Crippen MR) is 121 cm³/mol. The normalized spacial score (nSPS) is 12.1. The van der Waals surface area contributed by atoms with Gasteiger partial charge < -0.3 is 15.2 Å². The van der Waals surface area contributed by atoms with Crippen molar-refractivity contribution in [3.05, 3.63) is 47.5 Å². The highest BCUT2D eigenvalue weighted by molar-refractivity contribution is 14.0. The van der Waals surface area contributed by atoms with Crippen LogP contribution in [0.2, 0.25) is 0 Å².